The first-order valence-electron chi connectivity index (χ1n) is 6.12. The molecule has 0 heterocycles. The number of aliphatic carboxylic acids is 1. The highest BCUT2D eigenvalue weighted by Gasteiger charge is 2.24. The molecule has 1 aromatic carbocycles. The van der Waals surface area contributed by atoms with Crippen molar-refractivity contribution in [2.45, 2.75) is 31.2 Å². The summed E-state index contributed by atoms with van der Waals surface area (Å²) in [6.45, 7) is 3.40. The number of non-ortho nitro benzene ring substituents is 1. The lowest BCUT2D eigenvalue weighted by atomic mass is 10.0. The van der Waals surface area contributed by atoms with Crippen LogP contribution in [0.15, 0.2) is 29.2 Å². The van der Waals surface area contributed by atoms with Gasteiger partial charge in [0.25, 0.3) is 5.69 Å². The van der Waals surface area contributed by atoms with Crippen LogP contribution in [-0.4, -0.2) is 30.5 Å². The Hall–Kier alpha value is -2.00. The molecule has 0 aromatic heterocycles. The molecular weight excluding hydrogens is 300 g/mol. The average Bonchev–Trinajstić information content (AvgIpc) is 2.37. The molecule has 0 aliphatic rings. The summed E-state index contributed by atoms with van der Waals surface area (Å²) in [6.07, 6.45) is -0.343. The molecule has 0 spiro atoms. The van der Waals surface area contributed by atoms with Crippen LogP contribution in [0.3, 0.4) is 0 Å². The number of sulfonamides is 1. The summed E-state index contributed by atoms with van der Waals surface area (Å²) in [6, 6.07) is 3.62. The summed E-state index contributed by atoms with van der Waals surface area (Å²) in [5.74, 6) is -1.32. The number of carbonyl (C=O) groups is 1. The SMILES string of the molecule is CC(C)[C@H](CC(=O)O)NS(=O)(=O)c1ccc([N+](=O)[O-])cc1. The van der Waals surface area contributed by atoms with Crippen molar-refractivity contribution >= 4 is 21.7 Å². The Balaban J connectivity index is 2.98. The van der Waals surface area contributed by atoms with Crippen LogP contribution in [0.4, 0.5) is 5.69 Å². The molecule has 0 radical (unpaired) electrons. The molecule has 0 unspecified atom stereocenters. The standard InChI is InChI=1S/C12H16N2O6S/c1-8(2)11(7-12(15)16)13-21(19,20)10-5-3-9(4-6-10)14(17)18/h3-6,8,11,13H,7H2,1-2H3,(H,15,16)/t11-/m0/s1. The van der Waals surface area contributed by atoms with Crippen molar-refractivity contribution in [1.82, 2.24) is 4.72 Å². The van der Waals surface area contributed by atoms with Gasteiger partial charge < -0.3 is 5.11 Å². The third-order valence-electron chi connectivity index (χ3n) is 2.86. The molecule has 0 saturated carbocycles. The van der Waals surface area contributed by atoms with E-state index in [0.29, 0.717) is 0 Å². The quantitative estimate of drug-likeness (QED) is 0.578. The number of nitrogens with zero attached hydrogens (tertiary/aromatic N) is 1. The van der Waals surface area contributed by atoms with Gasteiger partial charge in [-0.2, -0.15) is 0 Å². The van der Waals surface area contributed by atoms with Gasteiger partial charge in [0.2, 0.25) is 10.0 Å². The number of carboxylic acid groups (broad SMARTS) is 1. The van der Waals surface area contributed by atoms with E-state index in [4.69, 9.17) is 5.11 Å². The van der Waals surface area contributed by atoms with Crippen molar-refractivity contribution in [1.29, 1.82) is 0 Å². The van der Waals surface area contributed by atoms with E-state index in [0.717, 1.165) is 24.3 Å². The second kappa shape index (κ2) is 6.64. The summed E-state index contributed by atoms with van der Waals surface area (Å²) in [7, 11) is -3.93. The maximum Gasteiger partial charge on any atom is 0.304 e. The lowest BCUT2D eigenvalue weighted by Gasteiger charge is -2.20. The Morgan fingerprint density at radius 3 is 2.24 bits per heavy atom. The van der Waals surface area contributed by atoms with Gasteiger partial charge in [0.15, 0.2) is 0 Å². The highest BCUT2D eigenvalue weighted by atomic mass is 32.2. The van der Waals surface area contributed by atoms with Gasteiger partial charge in [-0.3, -0.25) is 14.9 Å². The topological polar surface area (TPSA) is 127 Å². The third-order valence-corrected chi connectivity index (χ3v) is 4.37. The molecular formula is C12H16N2O6S. The molecule has 0 saturated heterocycles. The Labute approximate surface area is 122 Å². The zero-order valence-electron chi connectivity index (χ0n) is 11.5. The molecule has 1 rings (SSSR count). The van der Waals surface area contributed by atoms with Gasteiger partial charge in [0, 0.05) is 18.2 Å². The average molecular weight is 316 g/mol. The predicted molar refractivity (Wildman–Crippen MR) is 74.3 cm³/mol. The van der Waals surface area contributed by atoms with Gasteiger partial charge in [-0.25, -0.2) is 13.1 Å². The molecule has 1 aromatic rings. The van der Waals surface area contributed by atoms with Crippen LogP contribution in [0.5, 0.6) is 0 Å². The van der Waals surface area contributed by atoms with Crippen molar-refractivity contribution in [3.05, 3.63) is 34.4 Å². The molecule has 116 valence electrons. The number of hydrogen-bond donors (Lipinski definition) is 2. The van der Waals surface area contributed by atoms with Gasteiger partial charge in [0.05, 0.1) is 16.2 Å². The smallest absolute Gasteiger partial charge is 0.304 e. The van der Waals surface area contributed by atoms with E-state index >= 15 is 0 Å². The normalized spacial score (nSPS) is 13.1. The number of rotatable bonds is 7. The zero-order chi connectivity index (χ0) is 16.2. The first-order valence-corrected chi connectivity index (χ1v) is 7.60. The minimum Gasteiger partial charge on any atom is -0.481 e. The summed E-state index contributed by atoms with van der Waals surface area (Å²) in [5, 5.41) is 19.3. The van der Waals surface area contributed by atoms with E-state index in [-0.39, 0.29) is 22.9 Å². The lowest BCUT2D eigenvalue weighted by Crippen LogP contribution is -2.40. The summed E-state index contributed by atoms with van der Waals surface area (Å²) in [4.78, 5) is 20.5. The number of hydrogen-bond acceptors (Lipinski definition) is 5. The Morgan fingerprint density at radius 1 is 1.33 bits per heavy atom. The maximum atomic E-state index is 12.1. The second-order valence-electron chi connectivity index (χ2n) is 4.82. The highest BCUT2D eigenvalue weighted by molar-refractivity contribution is 7.89. The first kappa shape index (κ1) is 17.1. The Kier molecular flexibility index (Phi) is 5.39. The number of benzene rings is 1. The Morgan fingerprint density at radius 2 is 1.86 bits per heavy atom. The fourth-order valence-electron chi connectivity index (χ4n) is 1.62. The van der Waals surface area contributed by atoms with E-state index in [1.807, 2.05) is 0 Å². The van der Waals surface area contributed by atoms with Crippen molar-refractivity contribution < 1.29 is 23.2 Å². The molecule has 0 amide bonds. The fraction of sp³-hybridized carbons (Fsp3) is 0.417. The summed E-state index contributed by atoms with van der Waals surface area (Å²) < 4.78 is 26.6. The number of nitro benzene ring substituents is 1. The van der Waals surface area contributed by atoms with E-state index < -0.39 is 27.0 Å². The van der Waals surface area contributed by atoms with Crippen LogP contribution in [0.1, 0.15) is 20.3 Å². The molecule has 21 heavy (non-hydrogen) atoms. The van der Waals surface area contributed by atoms with Gasteiger partial charge in [-0.15, -0.1) is 0 Å². The summed E-state index contributed by atoms with van der Waals surface area (Å²) >= 11 is 0. The van der Waals surface area contributed by atoms with Crippen LogP contribution in [0, 0.1) is 16.0 Å². The third kappa shape index (κ3) is 4.80. The van der Waals surface area contributed by atoms with E-state index in [2.05, 4.69) is 4.72 Å². The lowest BCUT2D eigenvalue weighted by molar-refractivity contribution is -0.384. The predicted octanol–water partition coefficient (Wildman–Crippen LogP) is 1.37. The minimum absolute atomic E-state index is 0.149. The molecule has 0 bridgehead atoms. The molecule has 0 fully saturated rings. The largest absolute Gasteiger partial charge is 0.481 e. The number of carboxylic acids is 1. The van der Waals surface area contributed by atoms with Crippen molar-refractivity contribution in [2.24, 2.45) is 5.92 Å². The highest BCUT2D eigenvalue weighted by Crippen LogP contribution is 2.17. The van der Waals surface area contributed by atoms with Crippen molar-refractivity contribution in [3.63, 3.8) is 0 Å². The zero-order valence-corrected chi connectivity index (χ0v) is 12.3. The molecule has 9 heteroatoms. The van der Waals surface area contributed by atoms with E-state index in [9.17, 15) is 23.3 Å². The van der Waals surface area contributed by atoms with Gasteiger partial charge >= 0.3 is 5.97 Å². The molecule has 2 N–H and O–H groups in total. The van der Waals surface area contributed by atoms with Crippen molar-refractivity contribution in [2.75, 3.05) is 0 Å². The van der Waals surface area contributed by atoms with Crippen LogP contribution >= 0.6 is 0 Å². The second-order valence-corrected chi connectivity index (χ2v) is 6.53. The van der Waals surface area contributed by atoms with Crippen LogP contribution in [-0.2, 0) is 14.8 Å². The molecule has 0 aliphatic heterocycles. The number of nitro groups is 1. The van der Waals surface area contributed by atoms with Crippen LogP contribution in [0.25, 0.3) is 0 Å². The first-order chi connectivity index (χ1) is 9.63. The fourth-order valence-corrected chi connectivity index (χ4v) is 3.00. The maximum absolute atomic E-state index is 12.1. The Bertz CT molecular complexity index is 624. The summed E-state index contributed by atoms with van der Waals surface area (Å²) in [5.41, 5.74) is -0.222. The van der Waals surface area contributed by atoms with E-state index in [1.165, 1.54) is 0 Å². The minimum atomic E-state index is -3.93. The molecule has 8 nitrogen and oxygen atoms in total. The van der Waals surface area contributed by atoms with E-state index in [1.54, 1.807) is 13.8 Å². The van der Waals surface area contributed by atoms with Gasteiger partial charge in [-0.05, 0) is 18.1 Å². The van der Waals surface area contributed by atoms with Crippen molar-refractivity contribution in [3.8, 4) is 0 Å². The van der Waals surface area contributed by atoms with Crippen LogP contribution < -0.4 is 4.72 Å². The van der Waals surface area contributed by atoms with Gasteiger partial charge in [0.1, 0.15) is 0 Å². The van der Waals surface area contributed by atoms with Gasteiger partial charge in [-0.1, -0.05) is 13.8 Å². The molecule has 0 aliphatic carbocycles. The van der Waals surface area contributed by atoms with Crippen LogP contribution in [0.2, 0.25) is 0 Å². The number of nitrogens with one attached hydrogen (secondary N) is 1. The monoisotopic (exact) mass is 316 g/mol. The molecule has 1 atom stereocenters.